The lowest BCUT2D eigenvalue weighted by Gasteiger charge is -2.15. The normalized spacial score (nSPS) is 11.5. The van der Waals surface area contributed by atoms with Gasteiger partial charge in [-0.05, 0) is 35.2 Å². The van der Waals surface area contributed by atoms with Gasteiger partial charge in [-0.15, -0.1) is 12.4 Å². The number of benzene rings is 2. The summed E-state index contributed by atoms with van der Waals surface area (Å²) in [5.74, 6) is -0.950. The molecular weight excluding hydrogens is 369 g/mol. The Hall–Kier alpha value is -2.44. The van der Waals surface area contributed by atoms with Crippen LogP contribution in [0.5, 0.6) is 0 Å². The molecule has 0 saturated heterocycles. The summed E-state index contributed by atoms with van der Waals surface area (Å²) >= 11 is 0. The van der Waals surface area contributed by atoms with E-state index in [-0.39, 0.29) is 42.2 Å². The number of hydrogen-bond donors (Lipinski definition) is 3. The molecule has 2 rings (SSSR count). The molecule has 2 amide bonds. The smallest absolute Gasteiger partial charge is 0.251 e. The number of nitrogens with one attached hydrogen (secondary N) is 2. The molecule has 0 aliphatic carbocycles. The van der Waals surface area contributed by atoms with E-state index in [1.807, 2.05) is 24.3 Å². The fraction of sp³-hybridized carbons (Fsp3) is 0.300. The summed E-state index contributed by atoms with van der Waals surface area (Å²) in [5, 5.41) is 5.09. The minimum atomic E-state index is -0.598. The Kier molecular flexibility index (Phi) is 8.40. The van der Waals surface area contributed by atoms with E-state index in [1.165, 1.54) is 24.6 Å². The van der Waals surface area contributed by atoms with Gasteiger partial charge in [0.15, 0.2) is 0 Å². The Morgan fingerprint density at radius 1 is 1.07 bits per heavy atom. The van der Waals surface area contributed by atoms with E-state index in [0.717, 1.165) is 11.6 Å². The van der Waals surface area contributed by atoms with Crippen LogP contribution in [-0.4, -0.2) is 18.4 Å². The molecule has 27 heavy (non-hydrogen) atoms. The van der Waals surface area contributed by atoms with Gasteiger partial charge in [-0.25, -0.2) is 4.39 Å². The highest BCUT2D eigenvalue weighted by molar-refractivity contribution is 5.96. The van der Waals surface area contributed by atoms with Crippen molar-refractivity contribution in [2.24, 2.45) is 5.73 Å². The third kappa shape index (κ3) is 6.34. The summed E-state index contributed by atoms with van der Waals surface area (Å²) in [7, 11) is 0. The molecule has 0 heterocycles. The lowest BCUT2D eigenvalue weighted by Crippen LogP contribution is -2.32. The molecule has 4 N–H and O–H groups in total. The van der Waals surface area contributed by atoms with Crippen molar-refractivity contribution in [2.75, 3.05) is 11.9 Å². The Balaban J connectivity index is 0.00000364. The van der Waals surface area contributed by atoms with E-state index in [2.05, 4.69) is 24.5 Å². The van der Waals surface area contributed by atoms with Crippen molar-refractivity contribution in [1.29, 1.82) is 0 Å². The Morgan fingerprint density at radius 3 is 2.22 bits per heavy atom. The van der Waals surface area contributed by atoms with Gasteiger partial charge in [-0.1, -0.05) is 38.1 Å². The summed E-state index contributed by atoms with van der Waals surface area (Å²) in [6.07, 6.45) is 0. The van der Waals surface area contributed by atoms with Crippen LogP contribution in [0.4, 0.5) is 10.1 Å². The second kappa shape index (κ2) is 10.0. The minimum Gasteiger partial charge on any atom is -0.350 e. The first-order chi connectivity index (χ1) is 12.3. The minimum absolute atomic E-state index is 0. The summed E-state index contributed by atoms with van der Waals surface area (Å²) in [6, 6.07) is 11.4. The molecule has 1 unspecified atom stereocenters. The molecular formula is C20H25ClFN3O2. The lowest BCUT2D eigenvalue weighted by molar-refractivity contribution is -0.114. The Morgan fingerprint density at radius 2 is 1.67 bits per heavy atom. The largest absolute Gasteiger partial charge is 0.350 e. The second-order valence-corrected chi connectivity index (χ2v) is 6.51. The van der Waals surface area contributed by atoms with Crippen molar-refractivity contribution in [1.82, 2.24) is 5.32 Å². The molecule has 0 bridgehead atoms. The van der Waals surface area contributed by atoms with Crippen molar-refractivity contribution in [3.05, 3.63) is 65.0 Å². The number of nitrogens with two attached hydrogens (primary N) is 1. The Labute approximate surface area is 164 Å². The van der Waals surface area contributed by atoms with Crippen LogP contribution in [0.2, 0.25) is 0 Å². The number of hydrogen-bond acceptors (Lipinski definition) is 3. The van der Waals surface area contributed by atoms with Gasteiger partial charge in [0.05, 0.1) is 5.69 Å². The third-order valence-corrected chi connectivity index (χ3v) is 4.05. The molecule has 0 saturated carbocycles. The first-order valence-corrected chi connectivity index (χ1v) is 8.48. The zero-order chi connectivity index (χ0) is 19.3. The number of amides is 2. The highest BCUT2D eigenvalue weighted by atomic mass is 35.5. The standard InChI is InChI=1S/C20H24FN3O2.ClH/c1-12(2)14-4-6-15(7-5-14)18(22)11-23-20(26)16-8-9-17(21)19(10-16)24-13(3)25;/h4-10,12,18H,11,22H2,1-3H3,(H,23,26)(H,24,25);1H. The van der Waals surface area contributed by atoms with Crippen molar-refractivity contribution in [3.63, 3.8) is 0 Å². The van der Waals surface area contributed by atoms with Crippen molar-refractivity contribution < 1.29 is 14.0 Å². The van der Waals surface area contributed by atoms with E-state index >= 15 is 0 Å². The topological polar surface area (TPSA) is 84.2 Å². The maximum atomic E-state index is 13.7. The molecule has 146 valence electrons. The highest BCUT2D eigenvalue weighted by Gasteiger charge is 2.13. The molecule has 7 heteroatoms. The summed E-state index contributed by atoms with van der Waals surface area (Å²) < 4.78 is 13.7. The van der Waals surface area contributed by atoms with Gasteiger partial charge in [-0.2, -0.15) is 0 Å². The number of halogens is 2. The van der Waals surface area contributed by atoms with Crippen LogP contribution in [0.3, 0.4) is 0 Å². The van der Waals surface area contributed by atoms with Gasteiger partial charge in [-0.3, -0.25) is 9.59 Å². The van der Waals surface area contributed by atoms with Gasteiger partial charge in [0.2, 0.25) is 5.91 Å². The zero-order valence-electron chi connectivity index (χ0n) is 15.6. The van der Waals surface area contributed by atoms with Gasteiger partial charge < -0.3 is 16.4 Å². The van der Waals surface area contributed by atoms with Crippen LogP contribution in [-0.2, 0) is 4.79 Å². The van der Waals surface area contributed by atoms with Gasteiger partial charge in [0.1, 0.15) is 5.82 Å². The van der Waals surface area contributed by atoms with Gasteiger partial charge >= 0.3 is 0 Å². The summed E-state index contributed by atoms with van der Waals surface area (Å²) in [6.45, 7) is 5.75. The highest BCUT2D eigenvalue weighted by Crippen LogP contribution is 2.18. The molecule has 0 aromatic heterocycles. The fourth-order valence-corrected chi connectivity index (χ4v) is 2.50. The van der Waals surface area contributed by atoms with Crippen LogP contribution >= 0.6 is 12.4 Å². The van der Waals surface area contributed by atoms with Gasteiger partial charge in [0, 0.05) is 25.1 Å². The van der Waals surface area contributed by atoms with Crippen LogP contribution in [0.25, 0.3) is 0 Å². The monoisotopic (exact) mass is 393 g/mol. The quantitative estimate of drug-likeness (QED) is 0.698. The predicted molar refractivity (Wildman–Crippen MR) is 108 cm³/mol. The predicted octanol–water partition coefficient (Wildman–Crippen LogP) is 3.76. The molecule has 2 aromatic carbocycles. The molecule has 0 aliphatic rings. The fourth-order valence-electron chi connectivity index (χ4n) is 2.50. The third-order valence-electron chi connectivity index (χ3n) is 4.05. The van der Waals surface area contributed by atoms with E-state index in [1.54, 1.807) is 0 Å². The molecule has 0 radical (unpaired) electrons. The SMILES string of the molecule is CC(=O)Nc1cc(C(=O)NCC(N)c2ccc(C(C)C)cc2)ccc1F.Cl. The van der Waals surface area contributed by atoms with Crippen molar-refractivity contribution in [2.45, 2.75) is 32.7 Å². The maximum absolute atomic E-state index is 13.7. The van der Waals surface area contributed by atoms with Crippen LogP contribution < -0.4 is 16.4 Å². The number of carbonyl (C=O) groups excluding carboxylic acids is 2. The zero-order valence-corrected chi connectivity index (χ0v) is 16.4. The first kappa shape index (κ1) is 22.6. The van der Waals surface area contributed by atoms with Crippen molar-refractivity contribution in [3.8, 4) is 0 Å². The van der Waals surface area contributed by atoms with E-state index in [0.29, 0.717) is 5.92 Å². The summed E-state index contributed by atoms with van der Waals surface area (Å²) in [5.41, 5.74) is 8.50. The van der Waals surface area contributed by atoms with Crippen LogP contribution in [0.15, 0.2) is 42.5 Å². The molecule has 0 spiro atoms. The average Bonchev–Trinajstić information content (AvgIpc) is 2.60. The molecule has 2 aromatic rings. The van der Waals surface area contributed by atoms with E-state index in [4.69, 9.17) is 5.73 Å². The lowest BCUT2D eigenvalue weighted by atomic mass is 9.99. The van der Waals surface area contributed by atoms with Crippen molar-refractivity contribution >= 4 is 29.9 Å². The first-order valence-electron chi connectivity index (χ1n) is 8.48. The Bertz CT molecular complexity index is 794. The van der Waals surface area contributed by atoms with Gasteiger partial charge in [0.25, 0.3) is 5.91 Å². The average molecular weight is 394 g/mol. The number of rotatable bonds is 6. The molecule has 5 nitrogen and oxygen atoms in total. The second-order valence-electron chi connectivity index (χ2n) is 6.51. The van der Waals surface area contributed by atoms with Crippen LogP contribution in [0, 0.1) is 5.82 Å². The number of anilines is 1. The summed E-state index contributed by atoms with van der Waals surface area (Å²) in [4.78, 5) is 23.4. The van der Waals surface area contributed by atoms with E-state index < -0.39 is 11.7 Å². The number of carbonyl (C=O) groups is 2. The molecule has 1 atom stereocenters. The van der Waals surface area contributed by atoms with E-state index in [9.17, 15) is 14.0 Å². The van der Waals surface area contributed by atoms with Crippen LogP contribution in [0.1, 0.15) is 54.2 Å². The molecule has 0 fully saturated rings. The maximum Gasteiger partial charge on any atom is 0.251 e. The molecule has 0 aliphatic heterocycles.